The lowest BCUT2D eigenvalue weighted by Gasteiger charge is -1.96. The van der Waals surface area contributed by atoms with Crippen LogP contribution < -0.4 is 11.5 Å². The minimum atomic E-state index is 0.399. The number of allylic oxidation sites excluding steroid dienone is 1. The molecular formula is C11H15N3O. The van der Waals surface area contributed by atoms with E-state index in [1.807, 2.05) is 13.0 Å². The summed E-state index contributed by atoms with van der Waals surface area (Å²) in [7, 11) is 1.67. The third kappa shape index (κ3) is 2.49. The summed E-state index contributed by atoms with van der Waals surface area (Å²) < 4.78 is 5.46. The summed E-state index contributed by atoms with van der Waals surface area (Å²) in [6.45, 7) is 5.51. The monoisotopic (exact) mass is 205 g/mol. The Hall–Kier alpha value is -1.97. The van der Waals surface area contributed by atoms with E-state index >= 15 is 0 Å². The van der Waals surface area contributed by atoms with Gasteiger partial charge in [0.2, 0.25) is 0 Å². The van der Waals surface area contributed by atoms with E-state index < -0.39 is 0 Å². The van der Waals surface area contributed by atoms with Crippen LogP contribution >= 0.6 is 0 Å². The van der Waals surface area contributed by atoms with Gasteiger partial charge in [-0.05, 0) is 24.6 Å². The molecule has 0 amide bonds. The van der Waals surface area contributed by atoms with Gasteiger partial charge in [-0.25, -0.2) is 0 Å². The molecule has 4 N–H and O–H groups in total. The van der Waals surface area contributed by atoms with Crippen LogP contribution in [0.4, 0.5) is 0 Å². The van der Waals surface area contributed by atoms with Crippen LogP contribution in [0.1, 0.15) is 17.1 Å². The highest BCUT2D eigenvalue weighted by atomic mass is 16.3. The van der Waals surface area contributed by atoms with Crippen LogP contribution in [0.3, 0.4) is 0 Å². The van der Waals surface area contributed by atoms with Crippen LogP contribution in [0, 0.1) is 6.92 Å². The second-order valence-electron chi connectivity index (χ2n) is 3.18. The van der Waals surface area contributed by atoms with Gasteiger partial charge in [0.05, 0.1) is 11.4 Å². The minimum Gasteiger partial charge on any atom is -0.453 e. The van der Waals surface area contributed by atoms with Crippen LogP contribution in [0.25, 0.3) is 11.4 Å². The van der Waals surface area contributed by atoms with E-state index in [2.05, 4.69) is 11.6 Å². The first-order chi connectivity index (χ1) is 7.06. The highest BCUT2D eigenvalue weighted by Crippen LogP contribution is 2.21. The van der Waals surface area contributed by atoms with Crippen LogP contribution in [0.2, 0.25) is 0 Å². The third-order valence-corrected chi connectivity index (χ3v) is 1.90. The van der Waals surface area contributed by atoms with Gasteiger partial charge in [-0.1, -0.05) is 6.58 Å². The first kappa shape index (κ1) is 11.1. The van der Waals surface area contributed by atoms with Crippen molar-refractivity contribution >= 4 is 17.6 Å². The predicted octanol–water partition coefficient (Wildman–Crippen LogP) is 1.52. The summed E-state index contributed by atoms with van der Waals surface area (Å²) in [5, 5.41) is 0. The summed E-state index contributed by atoms with van der Waals surface area (Å²) in [6.07, 6.45) is 3.27. The molecule has 0 aromatic carbocycles. The molecule has 0 bridgehead atoms. The fraction of sp³-hybridized carbons (Fsp3) is 0.182. The van der Waals surface area contributed by atoms with E-state index in [1.54, 1.807) is 19.3 Å². The number of nitrogens with zero attached hydrogens (tertiary/aromatic N) is 1. The topological polar surface area (TPSA) is 77.5 Å². The molecule has 0 fully saturated rings. The summed E-state index contributed by atoms with van der Waals surface area (Å²) in [5.74, 6) is 1.16. The maximum atomic E-state index is 5.77. The lowest BCUT2D eigenvalue weighted by atomic mass is 10.2. The third-order valence-electron chi connectivity index (χ3n) is 1.90. The molecule has 0 saturated heterocycles. The molecule has 4 nitrogen and oxygen atoms in total. The maximum absolute atomic E-state index is 5.77. The van der Waals surface area contributed by atoms with E-state index in [0.29, 0.717) is 22.9 Å². The van der Waals surface area contributed by atoms with Gasteiger partial charge in [0.25, 0.3) is 0 Å². The summed E-state index contributed by atoms with van der Waals surface area (Å²) in [6, 6.07) is 1.82. The van der Waals surface area contributed by atoms with Crippen molar-refractivity contribution in [3.8, 4) is 0 Å². The van der Waals surface area contributed by atoms with Gasteiger partial charge in [-0.15, -0.1) is 0 Å². The van der Waals surface area contributed by atoms with Crippen molar-refractivity contribution in [2.75, 3.05) is 7.05 Å². The summed E-state index contributed by atoms with van der Waals surface area (Å²) >= 11 is 0. The molecule has 15 heavy (non-hydrogen) atoms. The smallest absolute Gasteiger partial charge is 0.152 e. The zero-order valence-electron chi connectivity index (χ0n) is 8.95. The first-order valence-corrected chi connectivity index (χ1v) is 4.49. The zero-order chi connectivity index (χ0) is 11.4. The van der Waals surface area contributed by atoms with Crippen LogP contribution in [-0.4, -0.2) is 13.3 Å². The molecule has 0 saturated carbocycles. The predicted molar refractivity (Wildman–Crippen MR) is 63.2 cm³/mol. The van der Waals surface area contributed by atoms with E-state index in [1.165, 1.54) is 0 Å². The molecule has 1 aromatic rings. The Balaban J connectivity index is 3.07. The molecule has 1 rings (SSSR count). The quantitative estimate of drug-likeness (QED) is 0.734. The van der Waals surface area contributed by atoms with Gasteiger partial charge in [-0.2, -0.15) is 0 Å². The lowest BCUT2D eigenvalue weighted by Crippen LogP contribution is -1.95. The van der Waals surface area contributed by atoms with Gasteiger partial charge in [0.15, 0.2) is 11.5 Å². The summed E-state index contributed by atoms with van der Waals surface area (Å²) in [5.41, 5.74) is 13.2. The Morgan fingerprint density at radius 1 is 1.53 bits per heavy atom. The average molecular weight is 205 g/mol. The molecular weight excluding hydrogens is 190 g/mol. The standard InChI is InChI=1S/C11H15N3O/c1-7-6-10(9(13)4-5-14-3)15-11(7)8(2)12/h4-6H,2,12-13H2,1,3H3. The Morgan fingerprint density at radius 3 is 2.67 bits per heavy atom. The highest BCUT2D eigenvalue weighted by Gasteiger charge is 2.09. The minimum absolute atomic E-state index is 0.399. The molecule has 80 valence electrons. The Bertz CT molecular complexity index is 427. The molecule has 4 heteroatoms. The molecule has 0 aliphatic rings. The second-order valence-corrected chi connectivity index (χ2v) is 3.18. The fourth-order valence-corrected chi connectivity index (χ4v) is 1.18. The molecule has 0 atom stereocenters. The number of furan rings is 1. The van der Waals surface area contributed by atoms with Crippen LogP contribution in [0.5, 0.6) is 0 Å². The summed E-state index contributed by atoms with van der Waals surface area (Å²) in [4.78, 5) is 3.80. The molecule has 1 aromatic heterocycles. The van der Waals surface area contributed by atoms with E-state index in [-0.39, 0.29) is 0 Å². The maximum Gasteiger partial charge on any atom is 0.152 e. The molecule has 0 aliphatic carbocycles. The first-order valence-electron chi connectivity index (χ1n) is 4.49. The fourth-order valence-electron chi connectivity index (χ4n) is 1.18. The molecule has 1 heterocycles. The van der Waals surface area contributed by atoms with Crippen molar-refractivity contribution in [2.24, 2.45) is 16.5 Å². The van der Waals surface area contributed by atoms with Crippen molar-refractivity contribution in [3.05, 3.63) is 35.8 Å². The van der Waals surface area contributed by atoms with Crippen molar-refractivity contribution < 1.29 is 4.42 Å². The number of hydrogen-bond donors (Lipinski definition) is 2. The van der Waals surface area contributed by atoms with Crippen molar-refractivity contribution in [3.63, 3.8) is 0 Å². The van der Waals surface area contributed by atoms with Crippen LogP contribution in [-0.2, 0) is 0 Å². The van der Waals surface area contributed by atoms with E-state index in [9.17, 15) is 0 Å². The van der Waals surface area contributed by atoms with Gasteiger partial charge in [0, 0.05) is 13.3 Å². The molecule has 0 radical (unpaired) electrons. The zero-order valence-corrected chi connectivity index (χ0v) is 8.95. The van der Waals surface area contributed by atoms with Crippen molar-refractivity contribution in [2.45, 2.75) is 6.92 Å². The lowest BCUT2D eigenvalue weighted by molar-refractivity contribution is 0.536. The largest absolute Gasteiger partial charge is 0.453 e. The second kappa shape index (κ2) is 4.50. The Kier molecular flexibility index (Phi) is 3.33. The molecule has 0 spiro atoms. The van der Waals surface area contributed by atoms with Crippen LogP contribution in [0.15, 0.2) is 28.1 Å². The number of aliphatic imine (C=N–C) groups is 1. The number of hydrogen-bond acceptors (Lipinski definition) is 4. The SMILES string of the molecule is C=C(N)c1oc(C(N)=CC=NC)cc1C. The number of rotatable bonds is 3. The number of aryl methyl sites for hydroxylation is 1. The normalized spacial score (nSPS) is 12.3. The van der Waals surface area contributed by atoms with E-state index in [4.69, 9.17) is 15.9 Å². The van der Waals surface area contributed by atoms with Gasteiger partial charge in [-0.3, -0.25) is 4.99 Å². The van der Waals surface area contributed by atoms with Gasteiger partial charge < -0.3 is 15.9 Å². The Morgan fingerprint density at radius 2 is 2.20 bits per heavy atom. The molecule has 0 unspecified atom stereocenters. The van der Waals surface area contributed by atoms with E-state index in [0.717, 1.165) is 5.56 Å². The number of nitrogens with two attached hydrogens (primary N) is 2. The highest BCUT2D eigenvalue weighted by molar-refractivity contribution is 5.82. The van der Waals surface area contributed by atoms with Crippen molar-refractivity contribution in [1.29, 1.82) is 0 Å². The molecule has 0 aliphatic heterocycles. The Labute approximate surface area is 89.0 Å². The van der Waals surface area contributed by atoms with Gasteiger partial charge in [0.1, 0.15) is 0 Å². The van der Waals surface area contributed by atoms with Crippen molar-refractivity contribution in [1.82, 2.24) is 0 Å². The average Bonchev–Trinajstić information content (AvgIpc) is 2.56. The van der Waals surface area contributed by atoms with Gasteiger partial charge >= 0.3 is 0 Å².